The Labute approximate surface area is 152 Å². The third-order valence-corrected chi connectivity index (χ3v) is 3.96. The third kappa shape index (κ3) is 4.49. The minimum absolute atomic E-state index is 0.101. The molecule has 1 fully saturated rings. The van der Waals surface area contributed by atoms with Crippen molar-refractivity contribution in [2.24, 2.45) is 0 Å². The number of nitro groups is 1. The molecule has 0 aliphatic carbocycles. The summed E-state index contributed by atoms with van der Waals surface area (Å²) in [6.07, 6.45) is -5.20. The van der Waals surface area contributed by atoms with E-state index in [0.717, 1.165) is 0 Å². The van der Waals surface area contributed by atoms with Crippen LogP contribution in [0.5, 0.6) is 11.5 Å². The van der Waals surface area contributed by atoms with Crippen LogP contribution in [-0.4, -0.2) is 51.4 Å². The van der Waals surface area contributed by atoms with Gasteiger partial charge in [0.15, 0.2) is 6.23 Å². The van der Waals surface area contributed by atoms with Gasteiger partial charge in [-0.2, -0.15) is 0 Å². The summed E-state index contributed by atoms with van der Waals surface area (Å²) in [6, 6.07) is 8.91. The number of non-ortho nitro benzene ring substituents is 1. The fraction of sp³-hybridized carbons (Fsp3) is 0.294. The Bertz CT molecular complexity index is 817. The molecule has 0 bridgehead atoms. The summed E-state index contributed by atoms with van der Waals surface area (Å²) < 4.78 is 23.7. The summed E-state index contributed by atoms with van der Waals surface area (Å²) in [4.78, 5) is 10.5. The van der Waals surface area contributed by atoms with Crippen LogP contribution in [-0.2, 0) is 4.74 Å². The van der Waals surface area contributed by atoms with Crippen LogP contribution in [0.15, 0.2) is 42.5 Å². The monoisotopic (exact) mass is 380 g/mol. The van der Waals surface area contributed by atoms with E-state index in [0.29, 0.717) is 0 Å². The molecule has 10 heteroatoms. The highest BCUT2D eigenvalue weighted by Gasteiger charge is 2.37. The van der Waals surface area contributed by atoms with Crippen molar-refractivity contribution in [3.05, 3.63) is 58.4 Å². The predicted molar refractivity (Wildman–Crippen MR) is 91.0 cm³/mol. The minimum Gasteiger partial charge on any atom is -0.457 e. The second-order valence-corrected chi connectivity index (χ2v) is 5.98. The van der Waals surface area contributed by atoms with Crippen molar-refractivity contribution in [2.45, 2.75) is 24.5 Å². The van der Waals surface area contributed by atoms with Crippen molar-refractivity contribution >= 4 is 11.4 Å². The maximum atomic E-state index is 13.0. The largest absolute Gasteiger partial charge is 0.457 e. The van der Waals surface area contributed by atoms with E-state index in [2.05, 4.69) is 5.32 Å². The lowest BCUT2D eigenvalue weighted by atomic mass is 10.0. The Morgan fingerprint density at radius 3 is 2.48 bits per heavy atom. The number of nitrogens with zero attached hydrogens (tertiary/aromatic N) is 1. The lowest BCUT2D eigenvalue weighted by Crippen LogP contribution is -2.55. The molecule has 144 valence electrons. The molecular weight excluding hydrogens is 363 g/mol. The number of hydrogen-bond donors (Lipinski definition) is 4. The molecule has 1 aliphatic rings. The highest BCUT2D eigenvalue weighted by atomic mass is 19.1. The maximum Gasteiger partial charge on any atom is 0.275 e. The van der Waals surface area contributed by atoms with Crippen LogP contribution >= 0.6 is 0 Å². The number of benzene rings is 2. The molecule has 1 heterocycles. The van der Waals surface area contributed by atoms with Crippen molar-refractivity contribution in [3.8, 4) is 11.5 Å². The van der Waals surface area contributed by atoms with Gasteiger partial charge in [0.25, 0.3) is 5.69 Å². The topological polar surface area (TPSA) is 134 Å². The summed E-state index contributed by atoms with van der Waals surface area (Å²) >= 11 is 0. The second-order valence-electron chi connectivity index (χ2n) is 5.98. The van der Waals surface area contributed by atoms with E-state index < -0.39 is 35.3 Å². The van der Waals surface area contributed by atoms with E-state index >= 15 is 0 Å². The zero-order valence-corrected chi connectivity index (χ0v) is 13.9. The number of aliphatic hydroxyl groups excluding tert-OH is 3. The number of rotatable bonds is 5. The van der Waals surface area contributed by atoms with Gasteiger partial charge in [-0.25, -0.2) is 4.39 Å². The molecule has 0 spiro atoms. The van der Waals surface area contributed by atoms with Crippen LogP contribution in [0, 0.1) is 15.9 Å². The Hall–Kier alpha value is -2.79. The van der Waals surface area contributed by atoms with Crippen LogP contribution in [0.2, 0.25) is 0 Å². The van der Waals surface area contributed by atoms with Crippen molar-refractivity contribution in [3.63, 3.8) is 0 Å². The Kier molecular flexibility index (Phi) is 5.51. The van der Waals surface area contributed by atoms with Gasteiger partial charge >= 0.3 is 0 Å². The molecule has 2 aromatic rings. The Morgan fingerprint density at radius 2 is 1.81 bits per heavy atom. The van der Waals surface area contributed by atoms with Gasteiger partial charge in [0.2, 0.25) is 0 Å². The van der Waals surface area contributed by atoms with Crippen LogP contribution in [0.1, 0.15) is 0 Å². The smallest absolute Gasteiger partial charge is 0.275 e. The molecule has 2 aromatic carbocycles. The van der Waals surface area contributed by atoms with E-state index in [4.69, 9.17) is 9.47 Å². The summed E-state index contributed by atoms with van der Waals surface area (Å²) in [5.74, 6) is -0.0764. The molecular formula is C17H17FN2O7. The first-order valence-corrected chi connectivity index (χ1v) is 7.99. The van der Waals surface area contributed by atoms with Gasteiger partial charge in [0.1, 0.15) is 35.6 Å². The van der Waals surface area contributed by atoms with Gasteiger partial charge in [-0.1, -0.05) is 0 Å². The standard InChI is InChI=1S/C17H17FN2O7/c18-9-1-3-12(4-2-9)27-13-6-10(5-11(7-13)20(24)25)19-17-16(23)15(22)14(21)8-26-17/h1-7,14-17,19,21-23H,8H2/t14-,15-,16+,17+/m1/s1. The molecule has 0 radical (unpaired) electrons. The summed E-state index contributed by atoms with van der Waals surface area (Å²) in [6.45, 7) is -0.218. The van der Waals surface area contributed by atoms with E-state index in [9.17, 15) is 29.8 Å². The van der Waals surface area contributed by atoms with E-state index in [1.54, 1.807) is 0 Å². The SMILES string of the molecule is O=[N+]([O-])c1cc(N[C@H]2OC[C@@H](O)[C@@H](O)[C@@H]2O)cc(Oc2ccc(F)cc2)c1. The average molecular weight is 380 g/mol. The van der Waals surface area contributed by atoms with Gasteiger partial charge < -0.3 is 30.1 Å². The van der Waals surface area contributed by atoms with E-state index in [1.807, 2.05) is 0 Å². The zero-order chi connectivity index (χ0) is 19.6. The molecule has 1 saturated heterocycles. The van der Waals surface area contributed by atoms with Crippen molar-refractivity contribution in [1.82, 2.24) is 0 Å². The minimum atomic E-state index is -1.45. The molecule has 1 aliphatic heterocycles. The lowest BCUT2D eigenvalue weighted by molar-refractivity contribution is -0.384. The zero-order valence-electron chi connectivity index (χ0n) is 13.9. The molecule has 9 nitrogen and oxygen atoms in total. The van der Waals surface area contributed by atoms with Crippen LogP contribution in [0.4, 0.5) is 15.8 Å². The third-order valence-electron chi connectivity index (χ3n) is 3.96. The summed E-state index contributed by atoms with van der Waals surface area (Å²) in [5.41, 5.74) is -0.100. The molecule has 4 N–H and O–H groups in total. The lowest BCUT2D eigenvalue weighted by Gasteiger charge is -2.35. The Balaban J connectivity index is 1.83. The van der Waals surface area contributed by atoms with E-state index in [-0.39, 0.29) is 29.5 Å². The number of halogens is 1. The van der Waals surface area contributed by atoms with Crippen molar-refractivity contribution in [2.75, 3.05) is 11.9 Å². The number of aliphatic hydroxyl groups is 3. The molecule has 0 amide bonds. The number of nitro benzene ring substituents is 1. The van der Waals surface area contributed by atoms with Gasteiger partial charge in [-0.3, -0.25) is 10.1 Å². The molecule has 27 heavy (non-hydrogen) atoms. The summed E-state index contributed by atoms with van der Waals surface area (Å²) in [7, 11) is 0. The number of ether oxygens (including phenoxy) is 2. The van der Waals surface area contributed by atoms with Crippen LogP contribution in [0.3, 0.4) is 0 Å². The molecule has 3 rings (SSSR count). The van der Waals surface area contributed by atoms with E-state index in [1.165, 1.54) is 42.5 Å². The van der Waals surface area contributed by atoms with Gasteiger partial charge in [0.05, 0.1) is 17.6 Å². The first-order chi connectivity index (χ1) is 12.8. The molecule has 4 atom stereocenters. The molecule has 0 saturated carbocycles. The number of anilines is 1. The van der Waals surface area contributed by atoms with Gasteiger partial charge in [-0.05, 0) is 24.3 Å². The van der Waals surface area contributed by atoms with Crippen LogP contribution < -0.4 is 10.1 Å². The average Bonchev–Trinajstić information content (AvgIpc) is 2.64. The maximum absolute atomic E-state index is 13.0. The summed E-state index contributed by atoms with van der Waals surface area (Å²) in [5, 5.41) is 43.1. The quantitative estimate of drug-likeness (QED) is 0.451. The fourth-order valence-corrected chi connectivity index (χ4v) is 2.57. The van der Waals surface area contributed by atoms with Crippen LogP contribution in [0.25, 0.3) is 0 Å². The van der Waals surface area contributed by atoms with Crippen molar-refractivity contribution < 1.29 is 34.1 Å². The van der Waals surface area contributed by atoms with Gasteiger partial charge in [-0.15, -0.1) is 0 Å². The van der Waals surface area contributed by atoms with Crippen molar-refractivity contribution in [1.29, 1.82) is 0 Å². The highest BCUT2D eigenvalue weighted by Crippen LogP contribution is 2.31. The first-order valence-electron chi connectivity index (χ1n) is 7.99. The second kappa shape index (κ2) is 7.84. The predicted octanol–water partition coefficient (Wildman–Crippen LogP) is 1.38. The number of hydrogen-bond acceptors (Lipinski definition) is 8. The fourth-order valence-electron chi connectivity index (χ4n) is 2.57. The normalized spacial score (nSPS) is 25.0. The first kappa shape index (κ1) is 19.0. The number of nitrogens with one attached hydrogen (secondary N) is 1. The highest BCUT2D eigenvalue weighted by molar-refractivity contribution is 5.57. The molecule has 0 unspecified atom stereocenters. The van der Waals surface area contributed by atoms with Gasteiger partial charge in [0, 0.05) is 17.8 Å². The Morgan fingerprint density at radius 1 is 1.11 bits per heavy atom. The molecule has 0 aromatic heterocycles.